The number of hydrogen-bond donors (Lipinski definition) is 2. The van der Waals surface area contributed by atoms with Crippen LogP contribution in [0.25, 0.3) is 0 Å². The van der Waals surface area contributed by atoms with E-state index < -0.39 is 0 Å². The highest BCUT2D eigenvalue weighted by Gasteiger charge is 2.29. The van der Waals surface area contributed by atoms with Gasteiger partial charge < -0.3 is 15.2 Å². The smallest absolute Gasteiger partial charge is 0.261 e. The lowest BCUT2D eigenvalue weighted by Gasteiger charge is -2.17. The Morgan fingerprint density at radius 1 is 1.13 bits per heavy atom. The molecule has 0 aliphatic rings. The van der Waals surface area contributed by atoms with Gasteiger partial charge in [0.15, 0.2) is 0 Å². The van der Waals surface area contributed by atoms with Crippen LogP contribution in [-0.2, 0) is 5.41 Å². The maximum absolute atomic E-state index is 12.7. The lowest BCUT2D eigenvalue weighted by atomic mass is 9.88. The molecule has 1 aromatic carbocycles. The number of nitrogens with one attached hydrogen (secondary N) is 2. The first-order valence-corrected chi connectivity index (χ1v) is 7.35. The molecule has 0 bridgehead atoms. The molecular weight excluding hydrogens is 294 g/mol. The Morgan fingerprint density at radius 2 is 1.78 bits per heavy atom. The standard InChI is InChI=1S/C17H21N3O3/c1-10-13(14(20-23-10)17(2,3)4)16(22)19-12-9-7-6-8-11(12)15(21)18-5/h6-9H,1-5H3,(H,18,21)(H,19,22). The Morgan fingerprint density at radius 3 is 2.39 bits per heavy atom. The zero-order valence-corrected chi connectivity index (χ0v) is 14.0. The molecule has 2 rings (SSSR count). The van der Waals surface area contributed by atoms with Crippen LogP contribution in [0.3, 0.4) is 0 Å². The second-order valence-corrected chi connectivity index (χ2v) is 6.29. The van der Waals surface area contributed by atoms with Crippen molar-refractivity contribution in [3.8, 4) is 0 Å². The van der Waals surface area contributed by atoms with Crippen molar-refractivity contribution in [3.63, 3.8) is 0 Å². The molecule has 2 aromatic rings. The van der Waals surface area contributed by atoms with E-state index in [1.807, 2.05) is 20.8 Å². The van der Waals surface area contributed by atoms with E-state index in [0.717, 1.165) is 0 Å². The molecule has 0 atom stereocenters. The van der Waals surface area contributed by atoms with Gasteiger partial charge in [0.25, 0.3) is 11.8 Å². The molecular formula is C17H21N3O3. The minimum Gasteiger partial charge on any atom is -0.361 e. The molecule has 6 heteroatoms. The summed E-state index contributed by atoms with van der Waals surface area (Å²) in [5.41, 5.74) is 1.51. The third kappa shape index (κ3) is 3.41. The Balaban J connectivity index is 2.39. The van der Waals surface area contributed by atoms with Crippen LogP contribution >= 0.6 is 0 Å². The van der Waals surface area contributed by atoms with E-state index in [2.05, 4.69) is 15.8 Å². The average molecular weight is 315 g/mol. The van der Waals surface area contributed by atoms with Crippen molar-refractivity contribution in [1.82, 2.24) is 10.5 Å². The van der Waals surface area contributed by atoms with Crippen molar-refractivity contribution < 1.29 is 14.1 Å². The van der Waals surface area contributed by atoms with Crippen molar-refractivity contribution in [2.75, 3.05) is 12.4 Å². The SMILES string of the molecule is CNC(=O)c1ccccc1NC(=O)c1c(C(C)(C)C)noc1C. The number of aryl methyl sites for hydroxylation is 1. The van der Waals surface area contributed by atoms with Crippen LogP contribution in [0.15, 0.2) is 28.8 Å². The third-order valence-corrected chi connectivity index (χ3v) is 3.45. The molecule has 0 saturated heterocycles. The molecule has 23 heavy (non-hydrogen) atoms. The van der Waals surface area contributed by atoms with Crippen LogP contribution in [0.4, 0.5) is 5.69 Å². The minimum atomic E-state index is -0.343. The summed E-state index contributed by atoms with van der Waals surface area (Å²) < 4.78 is 5.19. The van der Waals surface area contributed by atoms with Gasteiger partial charge in [0.05, 0.1) is 11.3 Å². The van der Waals surface area contributed by atoms with Crippen molar-refractivity contribution in [1.29, 1.82) is 0 Å². The molecule has 2 N–H and O–H groups in total. The minimum absolute atomic E-state index is 0.265. The summed E-state index contributed by atoms with van der Waals surface area (Å²) in [5, 5.41) is 9.35. The predicted molar refractivity (Wildman–Crippen MR) is 87.7 cm³/mol. The number of carbonyl (C=O) groups is 2. The number of anilines is 1. The lowest BCUT2D eigenvalue weighted by molar-refractivity contribution is 0.0964. The van der Waals surface area contributed by atoms with E-state index in [1.165, 1.54) is 0 Å². The van der Waals surface area contributed by atoms with Crippen molar-refractivity contribution >= 4 is 17.5 Å². The van der Waals surface area contributed by atoms with Gasteiger partial charge in [0.2, 0.25) is 0 Å². The first-order chi connectivity index (χ1) is 10.8. The fraction of sp³-hybridized carbons (Fsp3) is 0.353. The highest BCUT2D eigenvalue weighted by molar-refractivity contribution is 6.09. The molecule has 0 fully saturated rings. The number of amides is 2. The summed E-state index contributed by atoms with van der Waals surface area (Å²) in [5.74, 6) is -0.158. The maximum Gasteiger partial charge on any atom is 0.261 e. The maximum atomic E-state index is 12.7. The van der Waals surface area contributed by atoms with Crippen molar-refractivity contribution in [2.45, 2.75) is 33.1 Å². The highest BCUT2D eigenvalue weighted by Crippen LogP contribution is 2.28. The van der Waals surface area contributed by atoms with E-state index in [1.54, 1.807) is 38.2 Å². The molecule has 0 saturated carbocycles. The van der Waals surface area contributed by atoms with Gasteiger partial charge in [-0.25, -0.2) is 0 Å². The average Bonchev–Trinajstić information content (AvgIpc) is 2.89. The Labute approximate surface area is 135 Å². The molecule has 2 amide bonds. The van der Waals surface area contributed by atoms with Crippen LogP contribution < -0.4 is 10.6 Å². The van der Waals surface area contributed by atoms with Gasteiger partial charge in [-0.15, -0.1) is 0 Å². The number of nitrogens with zero attached hydrogens (tertiary/aromatic N) is 1. The van der Waals surface area contributed by atoms with E-state index in [4.69, 9.17) is 4.52 Å². The van der Waals surface area contributed by atoms with Gasteiger partial charge in [-0.3, -0.25) is 9.59 Å². The summed E-state index contributed by atoms with van der Waals surface area (Å²) in [4.78, 5) is 24.6. The quantitative estimate of drug-likeness (QED) is 0.912. The highest BCUT2D eigenvalue weighted by atomic mass is 16.5. The largest absolute Gasteiger partial charge is 0.361 e. The van der Waals surface area contributed by atoms with Crippen molar-refractivity contribution in [2.24, 2.45) is 0 Å². The van der Waals surface area contributed by atoms with Gasteiger partial charge in [0.1, 0.15) is 17.0 Å². The van der Waals surface area contributed by atoms with Gasteiger partial charge in [0, 0.05) is 12.5 Å². The summed E-state index contributed by atoms with van der Waals surface area (Å²) in [6.45, 7) is 7.57. The Bertz CT molecular complexity index is 742. The number of benzene rings is 1. The second kappa shape index (κ2) is 6.24. The molecule has 0 aliphatic heterocycles. The molecule has 0 unspecified atom stereocenters. The Hall–Kier alpha value is -2.63. The van der Waals surface area contributed by atoms with Gasteiger partial charge in [-0.2, -0.15) is 0 Å². The van der Waals surface area contributed by atoms with Crippen LogP contribution in [0.5, 0.6) is 0 Å². The van der Waals surface area contributed by atoms with Gasteiger partial charge in [-0.1, -0.05) is 38.1 Å². The number of rotatable bonds is 3. The first-order valence-electron chi connectivity index (χ1n) is 7.35. The zero-order valence-electron chi connectivity index (χ0n) is 14.0. The molecule has 122 valence electrons. The molecule has 0 spiro atoms. The fourth-order valence-corrected chi connectivity index (χ4v) is 2.26. The van der Waals surface area contributed by atoms with E-state index in [9.17, 15) is 9.59 Å². The van der Waals surface area contributed by atoms with Crippen LogP contribution in [0, 0.1) is 6.92 Å². The monoisotopic (exact) mass is 315 g/mol. The number of hydrogen-bond acceptors (Lipinski definition) is 4. The van der Waals surface area contributed by atoms with E-state index >= 15 is 0 Å². The van der Waals surface area contributed by atoms with Crippen LogP contribution in [0.1, 0.15) is 52.9 Å². The lowest BCUT2D eigenvalue weighted by Crippen LogP contribution is -2.24. The van der Waals surface area contributed by atoms with Gasteiger partial charge >= 0.3 is 0 Å². The second-order valence-electron chi connectivity index (χ2n) is 6.29. The number of carbonyl (C=O) groups excluding carboxylic acids is 2. The van der Waals surface area contributed by atoms with Crippen molar-refractivity contribution in [3.05, 3.63) is 46.8 Å². The predicted octanol–water partition coefficient (Wildman–Crippen LogP) is 2.89. The normalized spacial score (nSPS) is 11.2. The third-order valence-electron chi connectivity index (χ3n) is 3.45. The topological polar surface area (TPSA) is 84.2 Å². The zero-order chi connectivity index (χ0) is 17.2. The molecule has 1 heterocycles. The van der Waals surface area contributed by atoms with E-state index in [0.29, 0.717) is 28.3 Å². The summed E-state index contributed by atoms with van der Waals surface area (Å²) in [7, 11) is 1.54. The molecule has 1 aromatic heterocycles. The summed E-state index contributed by atoms with van der Waals surface area (Å²) >= 11 is 0. The number of para-hydroxylation sites is 1. The van der Waals surface area contributed by atoms with Crippen LogP contribution in [-0.4, -0.2) is 24.0 Å². The summed E-state index contributed by atoms with van der Waals surface area (Å²) in [6, 6.07) is 6.83. The number of aromatic nitrogens is 1. The van der Waals surface area contributed by atoms with Gasteiger partial charge in [-0.05, 0) is 19.1 Å². The first kappa shape index (κ1) is 16.7. The Kier molecular flexibility index (Phi) is 4.54. The molecule has 0 aliphatic carbocycles. The fourth-order valence-electron chi connectivity index (χ4n) is 2.26. The molecule has 6 nitrogen and oxygen atoms in total. The van der Waals surface area contributed by atoms with Crippen LogP contribution in [0.2, 0.25) is 0 Å². The molecule has 0 radical (unpaired) electrons. The van der Waals surface area contributed by atoms with E-state index in [-0.39, 0.29) is 17.2 Å². The summed E-state index contributed by atoms with van der Waals surface area (Å²) in [6.07, 6.45) is 0.